The van der Waals surface area contributed by atoms with E-state index in [0.717, 1.165) is 22.2 Å². The second kappa shape index (κ2) is 11.7. The van der Waals surface area contributed by atoms with Gasteiger partial charge in [-0.2, -0.15) is 0 Å². The highest BCUT2D eigenvalue weighted by molar-refractivity contribution is 5.95. The number of aryl methyl sites for hydroxylation is 1. The van der Waals surface area contributed by atoms with Gasteiger partial charge in [0, 0.05) is 41.3 Å². The third-order valence-corrected chi connectivity index (χ3v) is 6.47. The van der Waals surface area contributed by atoms with Crippen molar-refractivity contribution in [2.24, 2.45) is 5.92 Å². The van der Waals surface area contributed by atoms with Gasteiger partial charge in [0.15, 0.2) is 0 Å². The van der Waals surface area contributed by atoms with Crippen LogP contribution in [0.15, 0.2) is 54.6 Å². The number of carbonyl (C=O) groups excluding carboxylic acids is 3. The lowest BCUT2D eigenvalue weighted by molar-refractivity contribution is -0.135. The number of amides is 3. The number of nitrogens with zero attached hydrogens (tertiary/aromatic N) is 2. The Bertz CT molecular complexity index is 1350. The molecule has 10 nitrogen and oxygen atoms in total. The normalized spacial score (nSPS) is 17.4. The van der Waals surface area contributed by atoms with E-state index >= 15 is 0 Å². The largest absolute Gasteiger partial charge is 0.489 e. The molecule has 3 amide bonds. The van der Waals surface area contributed by atoms with Crippen molar-refractivity contribution in [3.05, 3.63) is 71.4 Å². The molecule has 0 radical (unpaired) electrons. The highest BCUT2D eigenvalue weighted by Gasteiger charge is 2.38. The van der Waals surface area contributed by atoms with Gasteiger partial charge in [-0.3, -0.25) is 19.8 Å². The fourth-order valence-electron chi connectivity index (χ4n) is 4.60. The molecule has 2 heterocycles. The minimum atomic E-state index is -0.846. The van der Waals surface area contributed by atoms with Crippen LogP contribution in [0.2, 0.25) is 0 Å². The number of hydrogen-bond donors (Lipinski definition) is 3. The van der Waals surface area contributed by atoms with E-state index in [4.69, 9.17) is 9.47 Å². The number of ether oxygens (including phenoxy) is 2. The summed E-state index contributed by atoms with van der Waals surface area (Å²) in [6.45, 7) is 7.87. The Morgan fingerprint density at radius 1 is 1.10 bits per heavy atom. The maximum atomic E-state index is 13.0. The molecule has 2 atom stereocenters. The van der Waals surface area contributed by atoms with Crippen LogP contribution < -0.4 is 15.5 Å². The average molecular weight is 535 g/mol. The number of hydrogen-bond acceptors (Lipinski definition) is 7. The Labute approximate surface area is 227 Å². The smallest absolute Gasteiger partial charge is 0.410 e. The van der Waals surface area contributed by atoms with Crippen molar-refractivity contribution in [2.45, 2.75) is 52.4 Å². The molecule has 1 unspecified atom stereocenters. The van der Waals surface area contributed by atoms with Gasteiger partial charge in [0.1, 0.15) is 18.0 Å². The van der Waals surface area contributed by atoms with Crippen molar-refractivity contribution in [2.75, 3.05) is 13.1 Å². The van der Waals surface area contributed by atoms with Crippen LogP contribution in [-0.4, -0.2) is 57.7 Å². The number of hydroxylamine groups is 1. The number of piperidine rings is 1. The number of fused-ring (bicyclic) bond motifs is 1. The van der Waals surface area contributed by atoms with Gasteiger partial charge in [0.05, 0.1) is 11.4 Å². The Morgan fingerprint density at radius 2 is 1.82 bits per heavy atom. The van der Waals surface area contributed by atoms with Crippen molar-refractivity contribution in [3.63, 3.8) is 0 Å². The molecule has 0 bridgehead atoms. The van der Waals surface area contributed by atoms with Gasteiger partial charge in [-0.1, -0.05) is 18.2 Å². The molecule has 4 rings (SSSR count). The molecular formula is C29H34N4O6. The molecule has 0 spiro atoms. The SMILES string of the molecule is Cc1cc(COc2ccc(C(=O)N[C@@H]3CCN(C(=O)OC(C)(C)C)CC3C(=O)NO)cc2)c2ccccc2n1. The molecule has 39 heavy (non-hydrogen) atoms. The molecule has 2 aromatic carbocycles. The topological polar surface area (TPSA) is 130 Å². The average Bonchev–Trinajstić information content (AvgIpc) is 2.90. The molecule has 1 aliphatic heterocycles. The molecule has 206 valence electrons. The van der Waals surface area contributed by atoms with E-state index in [1.165, 1.54) is 4.90 Å². The zero-order chi connectivity index (χ0) is 28.2. The summed E-state index contributed by atoms with van der Waals surface area (Å²) in [5.41, 5.74) is 4.19. The number of carbonyl (C=O) groups is 3. The van der Waals surface area contributed by atoms with Crippen molar-refractivity contribution >= 4 is 28.8 Å². The van der Waals surface area contributed by atoms with Crippen LogP contribution in [0.5, 0.6) is 5.75 Å². The molecule has 3 N–H and O–H groups in total. The fraction of sp³-hybridized carbons (Fsp3) is 0.379. The first-order valence-electron chi connectivity index (χ1n) is 12.8. The molecule has 1 aliphatic rings. The maximum absolute atomic E-state index is 13.0. The number of aromatic nitrogens is 1. The highest BCUT2D eigenvalue weighted by atomic mass is 16.6. The van der Waals surface area contributed by atoms with Gasteiger partial charge in [-0.05, 0) is 70.5 Å². The first-order valence-corrected chi connectivity index (χ1v) is 12.8. The Hall–Kier alpha value is -4.18. The maximum Gasteiger partial charge on any atom is 0.410 e. The van der Waals surface area contributed by atoms with Crippen LogP contribution in [0.1, 0.15) is 48.8 Å². The van der Waals surface area contributed by atoms with Gasteiger partial charge in [-0.25, -0.2) is 10.3 Å². The van der Waals surface area contributed by atoms with Crippen LogP contribution in [0.3, 0.4) is 0 Å². The number of likely N-dealkylation sites (tertiary alicyclic amines) is 1. The van der Waals surface area contributed by atoms with Gasteiger partial charge < -0.3 is 19.7 Å². The van der Waals surface area contributed by atoms with E-state index < -0.39 is 29.6 Å². The first kappa shape index (κ1) is 27.8. The fourth-order valence-corrected chi connectivity index (χ4v) is 4.60. The molecule has 1 fully saturated rings. The minimum Gasteiger partial charge on any atom is -0.489 e. The molecule has 0 saturated carbocycles. The number of benzene rings is 2. The lowest BCUT2D eigenvalue weighted by atomic mass is 9.91. The van der Waals surface area contributed by atoms with Gasteiger partial charge >= 0.3 is 6.09 Å². The summed E-state index contributed by atoms with van der Waals surface area (Å²) in [6, 6.07) is 16.0. The summed E-state index contributed by atoms with van der Waals surface area (Å²) in [7, 11) is 0. The van der Waals surface area contributed by atoms with E-state index in [1.54, 1.807) is 50.5 Å². The predicted octanol–water partition coefficient (Wildman–Crippen LogP) is 3.98. The highest BCUT2D eigenvalue weighted by Crippen LogP contribution is 2.23. The summed E-state index contributed by atoms with van der Waals surface area (Å²) in [5, 5.41) is 13.1. The number of pyridine rings is 1. The summed E-state index contributed by atoms with van der Waals surface area (Å²) in [5.74, 6) is -1.30. The van der Waals surface area contributed by atoms with E-state index in [-0.39, 0.29) is 12.5 Å². The summed E-state index contributed by atoms with van der Waals surface area (Å²) in [4.78, 5) is 43.8. The van der Waals surface area contributed by atoms with Crippen molar-refractivity contribution in [3.8, 4) is 5.75 Å². The Balaban J connectivity index is 1.38. The molecule has 0 aliphatic carbocycles. The number of para-hydroxylation sites is 1. The molecule has 1 saturated heterocycles. The summed E-state index contributed by atoms with van der Waals surface area (Å²) < 4.78 is 11.4. The summed E-state index contributed by atoms with van der Waals surface area (Å²) >= 11 is 0. The van der Waals surface area contributed by atoms with Crippen LogP contribution >= 0.6 is 0 Å². The number of nitrogens with one attached hydrogen (secondary N) is 2. The van der Waals surface area contributed by atoms with Crippen LogP contribution in [-0.2, 0) is 16.1 Å². The van der Waals surface area contributed by atoms with Crippen LogP contribution in [0.4, 0.5) is 4.79 Å². The van der Waals surface area contributed by atoms with Crippen LogP contribution in [0, 0.1) is 12.8 Å². The summed E-state index contributed by atoms with van der Waals surface area (Å²) in [6.07, 6.45) is -0.225. The van der Waals surface area contributed by atoms with Gasteiger partial charge in [-0.15, -0.1) is 0 Å². The van der Waals surface area contributed by atoms with E-state index in [9.17, 15) is 19.6 Å². The van der Waals surface area contributed by atoms with E-state index in [1.807, 2.05) is 37.3 Å². The number of rotatable bonds is 6. The second-order valence-electron chi connectivity index (χ2n) is 10.6. The zero-order valence-electron chi connectivity index (χ0n) is 22.6. The minimum absolute atomic E-state index is 0.00218. The van der Waals surface area contributed by atoms with E-state index in [0.29, 0.717) is 30.9 Å². The lowest BCUT2D eigenvalue weighted by Gasteiger charge is -2.38. The molecule has 3 aromatic rings. The third-order valence-electron chi connectivity index (χ3n) is 6.47. The van der Waals surface area contributed by atoms with Gasteiger partial charge in [0.25, 0.3) is 5.91 Å². The predicted molar refractivity (Wildman–Crippen MR) is 144 cm³/mol. The molecular weight excluding hydrogens is 500 g/mol. The van der Waals surface area contributed by atoms with Crippen molar-refractivity contribution < 1.29 is 29.1 Å². The third kappa shape index (κ3) is 7.02. The quantitative estimate of drug-likeness (QED) is 0.322. The lowest BCUT2D eigenvalue weighted by Crippen LogP contribution is -2.57. The zero-order valence-corrected chi connectivity index (χ0v) is 22.6. The first-order chi connectivity index (χ1) is 18.5. The Kier molecular flexibility index (Phi) is 8.35. The molecule has 10 heteroatoms. The standard InChI is InChI=1S/C29H34N4O6/c1-18-15-20(22-7-5-6-8-24(22)30-18)17-38-21-11-9-19(10-12-21)26(34)31-25-13-14-33(16-23(25)27(35)32-37)28(36)39-29(2,3)4/h5-12,15,23,25,37H,13-14,16-17H2,1-4H3,(H,31,34)(H,32,35)/t23?,25-/m1/s1. The second-order valence-corrected chi connectivity index (χ2v) is 10.6. The monoisotopic (exact) mass is 534 g/mol. The van der Waals surface area contributed by atoms with Crippen molar-refractivity contribution in [1.82, 2.24) is 20.7 Å². The van der Waals surface area contributed by atoms with Crippen molar-refractivity contribution in [1.29, 1.82) is 0 Å². The van der Waals surface area contributed by atoms with Crippen LogP contribution in [0.25, 0.3) is 10.9 Å². The van der Waals surface area contributed by atoms with Gasteiger partial charge in [0.2, 0.25) is 5.91 Å². The van der Waals surface area contributed by atoms with E-state index in [2.05, 4.69) is 10.3 Å². The molecule has 1 aromatic heterocycles. The Morgan fingerprint density at radius 3 is 2.51 bits per heavy atom.